The van der Waals surface area contributed by atoms with Gasteiger partial charge in [0, 0.05) is 0 Å². The molecular weight excluding hydrogens is 288 g/mol. The summed E-state index contributed by atoms with van der Waals surface area (Å²) < 4.78 is 75.8. The predicted octanol–water partition coefficient (Wildman–Crippen LogP) is 3.61. The summed E-state index contributed by atoms with van der Waals surface area (Å²) in [4.78, 5) is 11.0. The molecule has 20 heavy (non-hydrogen) atoms. The molecule has 0 fully saturated rings. The van der Waals surface area contributed by atoms with Gasteiger partial charge in [-0.3, -0.25) is 4.79 Å². The van der Waals surface area contributed by atoms with Gasteiger partial charge in [-0.05, 0) is 23.8 Å². The van der Waals surface area contributed by atoms with Crippen molar-refractivity contribution in [2.24, 2.45) is 0 Å². The number of halogens is 6. The van der Waals surface area contributed by atoms with Crippen LogP contribution in [0, 0.1) is 0 Å². The summed E-state index contributed by atoms with van der Waals surface area (Å²) in [6.45, 7) is 2.99. The lowest BCUT2D eigenvalue weighted by atomic mass is 10.0. The third-order valence-electron chi connectivity index (χ3n) is 2.35. The molecule has 0 saturated heterocycles. The number of hydrogen-bond donors (Lipinski definition) is 1. The normalized spacial score (nSPS) is 13.7. The van der Waals surface area contributed by atoms with Crippen LogP contribution in [0.4, 0.5) is 26.3 Å². The van der Waals surface area contributed by atoms with Gasteiger partial charge >= 0.3 is 12.4 Å². The minimum Gasteiger partial charge on any atom is -0.337 e. The number of benzene rings is 1. The van der Waals surface area contributed by atoms with E-state index in [2.05, 4.69) is 6.58 Å². The molecule has 1 rings (SSSR count). The Morgan fingerprint density at radius 3 is 2.25 bits per heavy atom. The molecule has 0 heterocycles. The first kappa shape index (κ1) is 16.1. The zero-order valence-electron chi connectivity index (χ0n) is 9.85. The monoisotopic (exact) mass is 297 g/mol. The molecule has 0 saturated carbocycles. The number of amides is 1. The van der Waals surface area contributed by atoms with E-state index in [1.165, 1.54) is 0 Å². The van der Waals surface area contributed by atoms with Gasteiger partial charge in [-0.25, -0.2) is 0 Å². The summed E-state index contributed by atoms with van der Waals surface area (Å²) >= 11 is 0. The molecule has 0 aliphatic rings. The fourth-order valence-electron chi connectivity index (χ4n) is 1.45. The molecule has 0 aliphatic carbocycles. The van der Waals surface area contributed by atoms with Gasteiger partial charge in [0.2, 0.25) is 5.91 Å². The SMILES string of the molecule is C=CC(=O)N[C@@H](c1cccc(C(F)(F)F)c1)C(F)(F)F. The first-order chi connectivity index (χ1) is 9.05. The third-order valence-corrected chi connectivity index (χ3v) is 2.35. The lowest BCUT2D eigenvalue weighted by Gasteiger charge is -2.22. The van der Waals surface area contributed by atoms with E-state index in [9.17, 15) is 31.1 Å². The molecular formula is C12H9F6NO. The first-order valence-electron chi connectivity index (χ1n) is 5.22. The number of carbonyl (C=O) groups is 1. The van der Waals surface area contributed by atoms with Gasteiger partial charge in [0.25, 0.3) is 0 Å². The van der Waals surface area contributed by atoms with Crippen LogP contribution in [0.25, 0.3) is 0 Å². The maximum absolute atomic E-state index is 12.8. The number of rotatable bonds is 3. The second-order valence-electron chi connectivity index (χ2n) is 3.81. The van der Waals surface area contributed by atoms with Crippen molar-refractivity contribution in [2.45, 2.75) is 18.4 Å². The standard InChI is InChI=1S/C12H9F6NO/c1-2-9(20)19-10(12(16,17)18)7-4-3-5-8(6-7)11(13,14)15/h2-6,10H,1H2,(H,19,20)/t10-/m0/s1. The maximum atomic E-state index is 12.8. The molecule has 1 aromatic carbocycles. The van der Waals surface area contributed by atoms with Crippen LogP contribution in [0.1, 0.15) is 17.2 Å². The number of hydrogen-bond acceptors (Lipinski definition) is 1. The minimum atomic E-state index is -4.93. The van der Waals surface area contributed by atoms with E-state index in [0.29, 0.717) is 18.2 Å². The molecule has 110 valence electrons. The van der Waals surface area contributed by atoms with E-state index < -0.39 is 35.4 Å². The molecule has 8 heteroatoms. The quantitative estimate of drug-likeness (QED) is 0.670. The van der Waals surface area contributed by atoms with Crippen molar-refractivity contribution in [3.63, 3.8) is 0 Å². The van der Waals surface area contributed by atoms with Gasteiger partial charge in [-0.1, -0.05) is 18.7 Å². The molecule has 0 aliphatic heterocycles. The molecule has 2 nitrogen and oxygen atoms in total. The van der Waals surface area contributed by atoms with E-state index in [-0.39, 0.29) is 0 Å². The van der Waals surface area contributed by atoms with E-state index >= 15 is 0 Å². The Morgan fingerprint density at radius 1 is 1.20 bits per heavy atom. The molecule has 1 aromatic rings. The Hall–Kier alpha value is -1.99. The van der Waals surface area contributed by atoms with Crippen LogP contribution in [0.5, 0.6) is 0 Å². The van der Waals surface area contributed by atoms with Crippen LogP contribution in [0.3, 0.4) is 0 Å². The molecule has 0 aromatic heterocycles. The van der Waals surface area contributed by atoms with Crippen molar-refractivity contribution in [2.75, 3.05) is 0 Å². The van der Waals surface area contributed by atoms with Crippen molar-refractivity contribution in [3.05, 3.63) is 48.0 Å². The highest BCUT2D eigenvalue weighted by atomic mass is 19.4. The summed E-state index contributed by atoms with van der Waals surface area (Å²) in [6, 6.07) is 0.164. The molecule has 0 spiro atoms. The summed E-state index contributed by atoms with van der Waals surface area (Å²) in [5, 5.41) is 1.55. The fraction of sp³-hybridized carbons (Fsp3) is 0.250. The Kier molecular flexibility index (Phi) is 4.46. The van der Waals surface area contributed by atoms with E-state index in [0.717, 1.165) is 12.1 Å². The van der Waals surface area contributed by atoms with Crippen LogP contribution >= 0.6 is 0 Å². The fourth-order valence-corrected chi connectivity index (χ4v) is 1.45. The van der Waals surface area contributed by atoms with Crippen LogP contribution < -0.4 is 5.32 Å². The average Bonchev–Trinajstić information content (AvgIpc) is 2.33. The zero-order valence-corrected chi connectivity index (χ0v) is 9.85. The van der Waals surface area contributed by atoms with Crippen molar-refractivity contribution in [3.8, 4) is 0 Å². The largest absolute Gasteiger partial charge is 0.416 e. The van der Waals surface area contributed by atoms with Gasteiger partial charge in [-0.2, -0.15) is 26.3 Å². The Morgan fingerprint density at radius 2 is 1.80 bits per heavy atom. The van der Waals surface area contributed by atoms with Crippen molar-refractivity contribution in [1.29, 1.82) is 0 Å². The van der Waals surface area contributed by atoms with Gasteiger partial charge in [-0.15, -0.1) is 0 Å². The molecule has 1 N–H and O–H groups in total. The third kappa shape index (κ3) is 4.01. The maximum Gasteiger partial charge on any atom is 0.416 e. The molecule has 1 atom stereocenters. The second kappa shape index (κ2) is 5.56. The molecule has 0 unspecified atom stereocenters. The van der Waals surface area contributed by atoms with E-state index in [1.807, 2.05) is 0 Å². The Bertz CT molecular complexity index is 505. The number of nitrogens with one attached hydrogen (secondary N) is 1. The van der Waals surface area contributed by atoms with Gasteiger partial charge in [0.1, 0.15) is 0 Å². The van der Waals surface area contributed by atoms with Crippen LogP contribution in [0.15, 0.2) is 36.9 Å². The van der Waals surface area contributed by atoms with Crippen molar-refractivity contribution < 1.29 is 31.1 Å². The summed E-state index contributed by atoms with van der Waals surface area (Å²) in [7, 11) is 0. The topological polar surface area (TPSA) is 29.1 Å². The van der Waals surface area contributed by atoms with Crippen LogP contribution in [-0.2, 0) is 11.0 Å². The first-order valence-corrected chi connectivity index (χ1v) is 5.22. The molecule has 0 bridgehead atoms. The lowest BCUT2D eigenvalue weighted by Crippen LogP contribution is -2.37. The summed E-state index contributed by atoms with van der Waals surface area (Å²) in [6.07, 6.45) is -9.09. The van der Waals surface area contributed by atoms with Gasteiger partial charge in [0.15, 0.2) is 6.04 Å². The van der Waals surface area contributed by atoms with Gasteiger partial charge in [0.05, 0.1) is 5.56 Å². The highest BCUT2D eigenvalue weighted by Gasteiger charge is 2.42. The predicted molar refractivity (Wildman–Crippen MR) is 58.6 cm³/mol. The molecule has 0 radical (unpaired) electrons. The Labute approximate surface area is 110 Å². The van der Waals surface area contributed by atoms with E-state index in [4.69, 9.17) is 0 Å². The zero-order chi connectivity index (χ0) is 15.6. The van der Waals surface area contributed by atoms with Crippen molar-refractivity contribution in [1.82, 2.24) is 5.32 Å². The smallest absolute Gasteiger partial charge is 0.337 e. The van der Waals surface area contributed by atoms with Crippen LogP contribution in [-0.4, -0.2) is 12.1 Å². The van der Waals surface area contributed by atoms with Crippen molar-refractivity contribution >= 4 is 5.91 Å². The average molecular weight is 297 g/mol. The Balaban J connectivity index is 3.21. The van der Waals surface area contributed by atoms with E-state index in [1.54, 1.807) is 5.32 Å². The lowest BCUT2D eigenvalue weighted by molar-refractivity contribution is -0.162. The summed E-state index contributed by atoms with van der Waals surface area (Å²) in [5.74, 6) is -1.13. The number of alkyl halides is 6. The highest BCUT2D eigenvalue weighted by molar-refractivity contribution is 5.87. The molecule has 1 amide bonds. The van der Waals surface area contributed by atoms with Crippen LogP contribution in [0.2, 0.25) is 0 Å². The second-order valence-corrected chi connectivity index (χ2v) is 3.81. The number of carbonyl (C=O) groups excluding carboxylic acids is 1. The summed E-state index contributed by atoms with van der Waals surface area (Å²) in [5.41, 5.74) is -1.93. The minimum absolute atomic E-state index is 0.349. The highest BCUT2D eigenvalue weighted by Crippen LogP contribution is 2.36. The van der Waals surface area contributed by atoms with Gasteiger partial charge < -0.3 is 5.32 Å².